The van der Waals surface area contributed by atoms with Crippen molar-refractivity contribution in [1.82, 2.24) is 10.0 Å². The van der Waals surface area contributed by atoms with Crippen LogP contribution in [0.4, 0.5) is 5.69 Å². The molecule has 1 unspecified atom stereocenters. The van der Waals surface area contributed by atoms with Crippen molar-refractivity contribution < 1.29 is 13.2 Å². The van der Waals surface area contributed by atoms with Crippen LogP contribution in [-0.2, 0) is 14.8 Å². The minimum Gasteiger partial charge on any atom is -0.325 e. The second-order valence-corrected chi connectivity index (χ2v) is 9.23. The van der Waals surface area contributed by atoms with E-state index >= 15 is 0 Å². The third kappa shape index (κ3) is 5.79. The Morgan fingerprint density at radius 3 is 2.19 bits per heavy atom. The first kappa shape index (κ1) is 22.7. The van der Waals surface area contributed by atoms with E-state index in [0.717, 1.165) is 11.1 Å². The SMILES string of the molecule is CNS(=O)(=O)c1cc(NC(=O)CNC(c2ccccc2)c2ccc(C)cc2)ccc1C. The number of aryl methyl sites for hydroxylation is 2. The van der Waals surface area contributed by atoms with Gasteiger partial charge in [0.05, 0.1) is 17.5 Å². The van der Waals surface area contributed by atoms with E-state index in [1.807, 2.05) is 61.5 Å². The normalized spacial score (nSPS) is 12.4. The summed E-state index contributed by atoms with van der Waals surface area (Å²) in [6, 6.07) is 22.8. The first-order valence-electron chi connectivity index (χ1n) is 9.99. The van der Waals surface area contributed by atoms with E-state index in [1.54, 1.807) is 19.1 Å². The van der Waals surface area contributed by atoms with Crippen LogP contribution in [0.5, 0.6) is 0 Å². The average Bonchev–Trinajstić information content (AvgIpc) is 2.77. The molecule has 0 aromatic heterocycles. The summed E-state index contributed by atoms with van der Waals surface area (Å²) in [5.41, 5.74) is 4.31. The molecule has 0 fully saturated rings. The molecule has 0 bridgehead atoms. The monoisotopic (exact) mass is 437 g/mol. The Morgan fingerprint density at radius 2 is 1.55 bits per heavy atom. The van der Waals surface area contributed by atoms with E-state index in [-0.39, 0.29) is 23.4 Å². The predicted octanol–water partition coefficient (Wildman–Crippen LogP) is 3.53. The molecule has 0 aliphatic heterocycles. The van der Waals surface area contributed by atoms with Crippen LogP contribution < -0.4 is 15.4 Å². The Bertz CT molecular complexity index is 1140. The van der Waals surface area contributed by atoms with Gasteiger partial charge in [-0.15, -0.1) is 0 Å². The van der Waals surface area contributed by atoms with Gasteiger partial charge in [0.15, 0.2) is 0 Å². The van der Waals surface area contributed by atoms with Gasteiger partial charge in [-0.3, -0.25) is 10.1 Å². The molecule has 6 nitrogen and oxygen atoms in total. The lowest BCUT2D eigenvalue weighted by molar-refractivity contribution is -0.115. The molecule has 7 heteroatoms. The van der Waals surface area contributed by atoms with Crippen molar-refractivity contribution >= 4 is 21.6 Å². The van der Waals surface area contributed by atoms with Gasteiger partial charge in [0, 0.05) is 5.69 Å². The summed E-state index contributed by atoms with van der Waals surface area (Å²) in [5, 5.41) is 6.10. The molecule has 162 valence electrons. The van der Waals surface area contributed by atoms with Crippen LogP contribution in [0.3, 0.4) is 0 Å². The lowest BCUT2D eigenvalue weighted by atomic mass is 9.98. The standard InChI is InChI=1S/C24H27N3O3S/c1-17-9-12-20(13-10-17)24(19-7-5-4-6-8-19)26-16-23(28)27-21-14-11-18(2)22(15-21)31(29,30)25-3/h4-15,24-26H,16H2,1-3H3,(H,27,28). The number of benzene rings is 3. The van der Waals surface area contributed by atoms with Crippen molar-refractivity contribution in [3.05, 3.63) is 95.1 Å². The van der Waals surface area contributed by atoms with Crippen molar-refractivity contribution in [3.8, 4) is 0 Å². The highest BCUT2D eigenvalue weighted by atomic mass is 32.2. The average molecular weight is 438 g/mol. The number of hydrogen-bond acceptors (Lipinski definition) is 4. The number of anilines is 1. The fraction of sp³-hybridized carbons (Fsp3) is 0.208. The van der Waals surface area contributed by atoms with E-state index in [9.17, 15) is 13.2 Å². The molecule has 3 aromatic rings. The zero-order chi connectivity index (χ0) is 22.4. The minimum atomic E-state index is -3.61. The molecule has 0 saturated heterocycles. The van der Waals surface area contributed by atoms with E-state index in [0.29, 0.717) is 11.3 Å². The predicted molar refractivity (Wildman–Crippen MR) is 124 cm³/mol. The highest BCUT2D eigenvalue weighted by Gasteiger charge is 2.17. The third-order valence-electron chi connectivity index (χ3n) is 5.04. The lowest BCUT2D eigenvalue weighted by Crippen LogP contribution is -2.32. The summed E-state index contributed by atoms with van der Waals surface area (Å²) >= 11 is 0. The number of rotatable bonds is 8. The molecule has 0 heterocycles. The quantitative estimate of drug-likeness (QED) is 0.503. The zero-order valence-corrected chi connectivity index (χ0v) is 18.7. The zero-order valence-electron chi connectivity index (χ0n) is 17.8. The van der Waals surface area contributed by atoms with Gasteiger partial charge < -0.3 is 5.32 Å². The Hall–Kier alpha value is -3.00. The Balaban J connectivity index is 1.75. The molecule has 0 saturated carbocycles. The molecule has 0 aliphatic carbocycles. The van der Waals surface area contributed by atoms with Crippen molar-refractivity contribution in [2.75, 3.05) is 18.9 Å². The second-order valence-electron chi connectivity index (χ2n) is 7.37. The van der Waals surface area contributed by atoms with Gasteiger partial charge in [-0.2, -0.15) is 0 Å². The van der Waals surface area contributed by atoms with Crippen molar-refractivity contribution in [2.45, 2.75) is 24.8 Å². The first-order valence-corrected chi connectivity index (χ1v) is 11.5. The van der Waals surface area contributed by atoms with Crippen LogP contribution in [0, 0.1) is 13.8 Å². The largest absolute Gasteiger partial charge is 0.325 e. The number of carbonyl (C=O) groups excluding carboxylic acids is 1. The summed E-state index contributed by atoms with van der Waals surface area (Å²) in [4.78, 5) is 12.8. The Morgan fingerprint density at radius 1 is 0.903 bits per heavy atom. The van der Waals surface area contributed by atoms with Crippen molar-refractivity contribution in [3.63, 3.8) is 0 Å². The maximum atomic E-state index is 12.6. The van der Waals surface area contributed by atoms with E-state index in [1.165, 1.54) is 18.7 Å². The summed E-state index contributed by atoms with van der Waals surface area (Å²) < 4.78 is 26.7. The van der Waals surface area contributed by atoms with Crippen molar-refractivity contribution in [2.24, 2.45) is 0 Å². The molecule has 3 N–H and O–H groups in total. The Kier molecular flexibility index (Phi) is 7.22. The maximum absolute atomic E-state index is 12.6. The van der Waals surface area contributed by atoms with Crippen LogP contribution >= 0.6 is 0 Å². The van der Waals surface area contributed by atoms with Crippen LogP contribution in [0.1, 0.15) is 28.3 Å². The first-order chi connectivity index (χ1) is 14.8. The smallest absolute Gasteiger partial charge is 0.240 e. The van der Waals surface area contributed by atoms with E-state index in [2.05, 4.69) is 15.4 Å². The Labute approximate surface area is 183 Å². The molecule has 3 rings (SSSR count). The third-order valence-corrected chi connectivity index (χ3v) is 6.60. The number of amides is 1. The number of carbonyl (C=O) groups is 1. The molecule has 0 spiro atoms. The summed E-state index contributed by atoms with van der Waals surface area (Å²) in [6.45, 7) is 3.81. The molecular formula is C24H27N3O3S. The van der Waals surface area contributed by atoms with Gasteiger partial charge in [-0.05, 0) is 49.7 Å². The van der Waals surface area contributed by atoms with Gasteiger partial charge in [-0.1, -0.05) is 66.2 Å². The van der Waals surface area contributed by atoms with Crippen molar-refractivity contribution in [1.29, 1.82) is 0 Å². The van der Waals surface area contributed by atoms with Crippen LogP contribution in [0.15, 0.2) is 77.7 Å². The lowest BCUT2D eigenvalue weighted by Gasteiger charge is -2.20. The second kappa shape index (κ2) is 9.87. The van der Waals surface area contributed by atoms with Gasteiger partial charge in [0.2, 0.25) is 15.9 Å². The van der Waals surface area contributed by atoms with Gasteiger partial charge in [0.25, 0.3) is 0 Å². The van der Waals surface area contributed by atoms with Crippen LogP contribution in [0.25, 0.3) is 0 Å². The van der Waals surface area contributed by atoms with E-state index in [4.69, 9.17) is 0 Å². The van der Waals surface area contributed by atoms with Crippen LogP contribution in [0.2, 0.25) is 0 Å². The number of hydrogen-bond donors (Lipinski definition) is 3. The van der Waals surface area contributed by atoms with Gasteiger partial charge in [0.1, 0.15) is 0 Å². The molecule has 3 aromatic carbocycles. The fourth-order valence-electron chi connectivity index (χ4n) is 3.31. The molecular weight excluding hydrogens is 410 g/mol. The number of sulfonamides is 1. The maximum Gasteiger partial charge on any atom is 0.240 e. The topological polar surface area (TPSA) is 87.3 Å². The van der Waals surface area contributed by atoms with E-state index < -0.39 is 10.0 Å². The highest BCUT2D eigenvalue weighted by Crippen LogP contribution is 2.23. The highest BCUT2D eigenvalue weighted by molar-refractivity contribution is 7.89. The minimum absolute atomic E-state index is 0.0649. The summed E-state index contributed by atoms with van der Waals surface area (Å²) in [7, 11) is -2.25. The van der Waals surface area contributed by atoms with Gasteiger partial charge >= 0.3 is 0 Å². The molecule has 1 atom stereocenters. The fourth-order valence-corrected chi connectivity index (χ4v) is 4.30. The van der Waals surface area contributed by atoms with Gasteiger partial charge in [-0.25, -0.2) is 13.1 Å². The summed E-state index contributed by atoms with van der Waals surface area (Å²) in [5.74, 6) is -0.260. The molecule has 0 radical (unpaired) electrons. The molecule has 1 amide bonds. The molecule has 0 aliphatic rings. The van der Waals surface area contributed by atoms with Crippen LogP contribution in [-0.4, -0.2) is 27.9 Å². The number of nitrogens with one attached hydrogen (secondary N) is 3. The summed E-state index contributed by atoms with van der Waals surface area (Å²) in [6.07, 6.45) is 0. The molecule has 31 heavy (non-hydrogen) atoms.